The molecular weight excluding hydrogens is 508 g/mol. The Morgan fingerprint density at radius 3 is 2.85 bits per heavy atom. The molecule has 0 radical (unpaired) electrons. The Bertz CT molecular complexity index is 1370. The highest BCUT2D eigenvalue weighted by molar-refractivity contribution is 6.06. The highest BCUT2D eigenvalue weighted by Gasteiger charge is 2.48. The van der Waals surface area contributed by atoms with Crippen molar-refractivity contribution in [2.24, 2.45) is 11.8 Å². The van der Waals surface area contributed by atoms with Gasteiger partial charge in [0.05, 0.1) is 24.1 Å². The number of carbonyl (C=O) groups is 2. The summed E-state index contributed by atoms with van der Waals surface area (Å²) in [4.78, 5) is 25.6. The number of hydrogen-bond acceptors (Lipinski definition) is 7. The van der Waals surface area contributed by atoms with Gasteiger partial charge in [-0.05, 0) is 49.6 Å². The first kappa shape index (κ1) is 27.7. The maximum absolute atomic E-state index is 12.9. The number of nitrogens with one attached hydrogen (secondary N) is 3. The molecule has 10 nitrogen and oxygen atoms in total. The van der Waals surface area contributed by atoms with Gasteiger partial charge in [-0.1, -0.05) is 54.6 Å². The predicted octanol–water partition coefficient (Wildman–Crippen LogP) is 2.76. The van der Waals surface area contributed by atoms with Crippen LogP contribution in [0.4, 0.5) is 11.4 Å². The minimum atomic E-state index is -1.76. The number of aliphatic hydroxyl groups is 2. The Hall–Kier alpha value is -3.86. The lowest BCUT2D eigenvalue weighted by atomic mass is 9.82. The largest absolute Gasteiger partial charge is 0.395 e. The van der Waals surface area contributed by atoms with E-state index in [1.165, 1.54) is 0 Å². The zero-order valence-electron chi connectivity index (χ0n) is 22.6. The second-order valence-electron chi connectivity index (χ2n) is 10.6. The van der Waals surface area contributed by atoms with Crippen LogP contribution in [0.3, 0.4) is 0 Å². The minimum absolute atomic E-state index is 0.0636. The summed E-state index contributed by atoms with van der Waals surface area (Å²) >= 11 is 0. The standard InChI is InChI=1S/C30H36N6O4/c1-20(8-5-6-15-36-18-27(34-35-36)24(19-37)21-9-3-2-4-10-21)30(40)25-16-23(12-13-26(25)33-29(30)39)32-28(38)22-11-7-14-31-17-22/h2-5,8-10,12-13,16,18,20,22,24,31,37,40H,6-7,11,14-15,17,19H2,1H3,(H,32,38)(H,33,39)/b8-5+/t20-,22?,24?,30+/m1/s1. The molecular formula is C30H36N6O4. The van der Waals surface area contributed by atoms with Gasteiger partial charge in [0.15, 0.2) is 5.60 Å². The fourth-order valence-corrected chi connectivity index (χ4v) is 5.44. The van der Waals surface area contributed by atoms with Crippen LogP contribution < -0.4 is 16.0 Å². The van der Waals surface area contributed by atoms with Gasteiger partial charge >= 0.3 is 0 Å². The monoisotopic (exact) mass is 544 g/mol. The van der Waals surface area contributed by atoms with Crippen LogP contribution >= 0.6 is 0 Å². The molecule has 210 valence electrons. The van der Waals surface area contributed by atoms with Crippen molar-refractivity contribution in [1.29, 1.82) is 0 Å². The number of allylic oxidation sites excluding steroid dienone is 1. The molecule has 3 aromatic rings. The number of amides is 2. The number of benzene rings is 2. The molecule has 2 unspecified atom stereocenters. The molecule has 0 bridgehead atoms. The van der Waals surface area contributed by atoms with Gasteiger partial charge in [-0.2, -0.15) is 0 Å². The van der Waals surface area contributed by atoms with Gasteiger partial charge in [0.25, 0.3) is 5.91 Å². The number of rotatable bonds is 10. The van der Waals surface area contributed by atoms with E-state index in [4.69, 9.17) is 0 Å². The van der Waals surface area contributed by atoms with Crippen LogP contribution in [0.1, 0.15) is 48.9 Å². The number of aliphatic hydroxyl groups excluding tert-OH is 1. The second-order valence-corrected chi connectivity index (χ2v) is 10.6. The predicted molar refractivity (Wildman–Crippen MR) is 152 cm³/mol. The maximum Gasteiger partial charge on any atom is 0.261 e. The Morgan fingerprint density at radius 1 is 1.27 bits per heavy atom. The third-order valence-corrected chi connectivity index (χ3v) is 7.87. The Kier molecular flexibility index (Phi) is 8.39. The van der Waals surface area contributed by atoms with Crippen molar-refractivity contribution in [2.75, 3.05) is 30.3 Å². The quantitative estimate of drug-likeness (QED) is 0.247. The van der Waals surface area contributed by atoms with E-state index in [1.54, 1.807) is 29.8 Å². The van der Waals surface area contributed by atoms with E-state index in [0.717, 1.165) is 24.9 Å². The Balaban J connectivity index is 1.22. The summed E-state index contributed by atoms with van der Waals surface area (Å²) in [7, 11) is 0. The van der Waals surface area contributed by atoms with Crippen LogP contribution in [0.2, 0.25) is 0 Å². The van der Waals surface area contributed by atoms with E-state index in [-0.39, 0.29) is 24.3 Å². The Morgan fingerprint density at radius 2 is 2.10 bits per heavy atom. The third-order valence-electron chi connectivity index (χ3n) is 7.87. The number of fused-ring (bicyclic) bond motifs is 1. The first-order valence-corrected chi connectivity index (χ1v) is 13.8. The molecule has 1 fully saturated rings. The first-order valence-electron chi connectivity index (χ1n) is 13.8. The molecule has 2 aromatic carbocycles. The smallest absolute Gasteiger partial charge is 0.261 e. The maximum atomic E-state index is 12.9. The van der Waals surface area contributed by atoms with Crippen LogP contribution in [0.5, 0.6) is 0 Å². The SMILES string of the molecule is C[C@H](/C=C/CCn1cc(C(CO)c2ccccc2)nn1)[C@@]1(O)C(=O)Nc2ccc(NC(=O)C3CCCNC3)cc21. The molecule has 1 saturated heterocycles. The first-order chi connectivity index (χ1) is 19.4. The van der Waals surface area contributed by atoms with Gasteiger partial charge in [-0.3, -0.25) is 14.3 Å². The highest BCUT2D eigenvalue weighted by Crippen LogP contribution is 2.43. The Labute approximate surface area is 233 Å². The van der Waals surface area contributed by atoms with Crippen molar-refractivity contribution in [3.63, 3.8) is 0 Å². The summed E-state index contributed by atoms with van der Waals surface area (Å²) in [5, 5.41) is 38.9. The van der Waals surface area contributed by atoms with Crippen LogP contribution in [0.25, 0.3) is 0 Å². The van der Waals surface area contributed by atoms with Crippen molar-refractivity contribution in [2.45, 2.75) is 44.2 Å². The number of nitrogens with zero attached hydrogens (tertiary/aromatic N) is 3. The molecule has 0 saturated carbocycles. The fraction of sp³-hybridized carbons (Fsp3) is 0.400. The molecule has 3 heterocycles. The van der Waals surface area contributed by atoms with Gasteiger partial charge in [-0.15, -0.1) is 5.10 Å². The van der Waals surface area contributed by atoms with E-state index in [2.05, 4.69) is 26.3 Å². The summed E-state index contributed by atoms with van der Waals surface area (Å²) in [5.74, 6) is -1.42. The number of aryl methyl sites for hydroxylation is 1. The van der Waals surface area contributed by atoms with Gasteiger partial charge < -0.3 is 26.2 Å². The molecule has 1 aromatic heterocycles. The molecule has 5 N–H and O–H groups in total. The van der Waals surface area contributed by atoms with Crippen molar-refractivity contribution >= 4 is 23.2 Å². The molecule has 2 aliphatic heterocycles. The van der Waals surface area contributed by atoms with E-state index >= 15 is 0 Å². The molecule has 5 rings (SSSR count). The van der Waals surface area contributed by atoms with Gasteiger partial charge in [0.1, 0.15) is 0 Å². The molecule has 4 atom stereocenters. The summed E-state index contributed by atoms with van der Waals surface area (Å²) in [6.07, 6.45) is 7.97. The topological polar surface area (TPSA) is 141 Å². The van der Waals surface area contributed by atoms with Gasteiger partial charge in [0.2, 0.25) is 5.91 Å². The van der Waals surface area contributed by atoms with E-state index in [0.29, 0.717) is 42.1 Å². The zero-order valence-corrected chi connectivity index (χ0v) is 22.6. The second kappa shape index (κ2) is 12.1. The van der Waals surface area contributed by atoms with Crippen molar-refractivity contribution in [1.82, 2.24) is 20.3 Å². The molecule has 0 aliphatic carbocycles. The van der Waals surface area contributed by atoms with Crippen LogP contribution in [0.15, 0.2) is 66.9 Å². The number of anilines is 2. The molecule has 2 aliphatic rings. The number of carbonyl (C=O) groups excluding carboxylic acids is 2. The van der Waals surface area contributed by atoms with Gasteiger partial charge in [0, 0.05) is 42.1 Å². The number of piperidine rings is 1. The van der Waals surface area contributed by atoms with E-state index < -0.39 is 17.4 Å². The summed E-state index contributed by atoms with van der Waals surface area (Å²) in [5.41, 5.74) is 1.45. The van der Waals surface area contributed by atoms with Crippen LogP contribution in [0, 0.1) is 11.8 Å². The lowest BCUT2D eigenvalue weighted by molar-refractivity contribution is -0.137. The fourth-order valence-electron chi connectivity index (χ4n) is 5.44. The zero-order chi connectivity index (χ0) is 28.1. The number of aromatic nitrogens is 3. The highest BCUT2D eigenvalue weighted by atomic mass is 16.3. The van der Waals surface area contributed by atoms with Gasteiger partial charge in [-0.25, -0.2) is 0 Å². The van der Waals surface area contributed by atoms with Crippen LogP contribution in [-0.2, 0) is 21.7 Å². The lowest BCUT2D eigenvalue weighted by Gasteiger charge is -2.26. The van der Waals surface area contributed by atoms with E-state index in [1.807, 2.05) is 48.7 Å². The van der Waals surface area contributed by atoms with E-state index in [9.17, 15) is 19.8 Å². The number of hydrogen-bond donors (Lipinski definition) is 5. The summed E-state index contributed by atoms with van der Waals surface area (Å²) < 4.78 is 1.72. The van der Waals surface area contributed by atoms with Crippen molar-refractivity contribution < 1.29 is 19.8 Å². The third kappa shape index (κ3) is 5.70. The lowest BCUT2D eigenvalue weighted by Crippen LogP contribution is -2.40. The molecule has 2 amide bonds. The average Bonchev–Trinajstić information content (AvgIpc) is 3.55. The molecule has 0 spiro atoms. The van der Waals surface area contributed by atoms with Crippen molar-refractivity contribution in [3.05, 3.63) is 83.7 Å². The normalized spacial score (nSPS) is 22.1. The summed E-state index contributed by atoms with van der Waals surface area (Å²) in [6.45, 7) is 3.85. The molecule has 40 heavy (non-hydrogen) atoms. The van der Waals surface area contributed by atoms with Crippen molar-refractivity contribution in [3.8, 4) is 0 Å². The summed E-state index contributed by atoms with van der Waals surface area (Å²) in [6, 6.07) is 14.8. The minimum Gasteiger partial charge on any atom is -0.395 e. The van der Waals surface area contributed by atoms with Crippen LogP contribution in [-0.4, -0.2) is 56.7 Å². The molecule has 10 heteroatoms. The average molecular weight is 545 g/mol.